The Hall–Kier alpha value is -3.91. The number of carbonyl (C=O) groups excluding carboxylic acids is 2. The third kappa shape index (κ3) is 4.80. The van der Waals surface area contributed by atoms with Crippen LogP contribution in [0.2, 0.25) is 0 Å². The zero-order valence-electron chi connectivity index (χ0n) is 14.6. The van der Waals surface area contributed by atoms with E-state index in [1.54, 1.807) is 48.7 Å². The molecule has 0 atom stereocenters. The average molecular weight is 356 g/mol. The maximum absolute atomic E-state index is 12.5. The van der Waals surface area contributed by atoms with Crippen LogP contribution in [0, 0.1) is 11.8 Å². The zero-order chi connectivity index (χ0) is 19.1. The molecule has 0 bridgehead atoms. The molecule has 5 heteroatoms. The van der Waals surface area contributed by atoms with E-state index in [1.807, 2.05) is 24.3 Å². The number of benzene rings is 2. The van der Waals surface area contributed by atoms with Gasteiger partial charge >= 0.3 is 5.97 Å². The largest absolute Gasteiger partial charge is 0.465 e. The Morgan fingerprint density at radius 1 is 0.926 bits per heavy atom. The standard InChI is InChI=1S/C22H16N2O3/c1-27-22(26)17-9-12-20(13-10-17)24-21(25)18-6-4-5-16(15-18)8-11-19-7-2-3-14-23-19/h2-7,9-10,12-15H,1H3,(H,24,25). The van der Waals surface area contributed by atoms with Crippen molar-refractivity contribution in [2.45, 2.75) is 0 Å². The van der Waals surface area contributed by atoms with Gasteiger partial charge in [-0.3, -0.25) is 4.79 Å². The number of hydrogen-bond donors (Lipinski definition) is 1. The Morgan fingerprint density at radius 3 is 2.44 bits per heavy atom. The second kappa shape index (κ2) is 8.45. The number of aromatic nitrogens is 1. The summed E-state index contributed by atoms with van der Waals surface area (Å²) in [6.45, 7) is 0. The van der Waals surface area contributed by atoms with Gasteiger partial charge in [-0.05, 0) is 60.5 Å². The number of esters is 1. The number of pyridine rings is 1. The molecule has 0 fully saturated rings. The number of carbonyl (C=O) groups is 2. The van der Waals surface area contributed by atoms with Gasteiger partial charge in [-0.25, -0.2) is 9.78 Å². The van der Waals surface area contributed by atoms with E-state index in [-0.39, 0.29) is 5.91 Å². The van der Waals surface area contributed by atoms with Crippen LogP contribution in [0.15, 0.2) is 72.9 Å². The fourth-order valence-corrected chi connectivity index (χ4v) is 2.32. The topological polar surface area (TPSA) is 68.3 Å². The first-order valence-electron chi connectivity index (χ1n) is 8.18. The van der Waals surface area contributed by atoms with E-state index in [0.29, 0.717) is 28.1 Å². The van der Waals surface area contributed by atoms with Crippen molar-refractivity contribution in [3.63, 3.8) is 0 Å². The molecule has 1 heterocycles. The van der Waals surface area contributed by atoms with Crippen LogP contribution in [0.25, 0.3) is 0 Å². The van der Waals surface area contributed by atoms with Gasteiger partial charge in [0, 0.05) is 23.0 Å². The third-order valence-corrected chi connectivity index (χ3v) is 3.69. The smallest absolute Gasteiger partial charge is 0.337 e. The average Bonchev–Trinajstić information content (AvgIpc) is 2.73. The van der Waals surface area contributed by atoms with E-state index in [4.69, 9.17) is 0 Å². The number of anilines is 1. The Kier molecular flexibility index (Phi) is 5.60. The van der Waals surface area contributed by atoms with Crippen LogP contribution >= 0.6 is 0 Å². The summed E-state index contributed by atoms with van der Waals surface area (Å²) >= 11 is 0. The number of ether oxygens (including phenoxy) is 1. The number of nitrogens with one attached hydrogen (secondary N) is 1. The Labute approximate surface area is 157 Å². The molecule has 3 aromatic rings. The number of amides is 1. The van der Waals surface area contributed by atoms with E-state index in [2.05, 4.69) is 26.9 Å². The minimum atomic E-state index is -0.424. The second-order valence-corrected chi connectivity index (χ2v) is 5.57. The molecule has 0 aliphatic heterocycles. The molecule has 3 rings (SSSR count). The van der Waals surface area contributed by atoms with Gasteiger partial charge in [0.15, 0.2) is 0 Å². The quantitative estimate of drug-likeness (QED) is 0.576. The highest BCUT2D eigenvalue weighted by atomic mass is 16.5. The van der Waals surface area contributed by atoms with Crippen molar-refractivity contribution in [1.29, 1.82) is 0 Å². The van der Waals surface area contributed by atoms with Crippen LogP contribution < -0.4 is 5.32 Å². The minimum absolute atomic E-state index is 0.262. The van der Waals surface area contributed by atoms with Gasteiger partial charge < -0.3 is 10.1 Å². The Morgan fingerprint density at radius 2 is 1.74 bits per heavy atom. The Balaban J connectivity index is 1.72. The first-order valence-corrected chi connectivity index (χ1v) is 8.18. The summed E-state index contributed by atoms with van der Waals surface area (Å²) in [6, 6.07) is 19.0. The van der Waals surface area contributed by atoms with Crippen LogP contribution in [-0.2, 0) is 4.74 Å². The van der Waals surface area contributed by atoms with E-state index in [1.165, 1.54) is 7.11 Å². The number of methoxy groups -OCH3 is 1. The lowest BCUT2D eigenvalue weighted by molar-refractivity contribution is 0.0600. The van der Waals surface area contributed by atoms with Crippen molar-refractivity contribution in [2.75, 3.05) is 12.4 Å². The molecule has 1 aromatic heterocycles. The lowest BCUT2D eigenvalue weighted by Crippen LogP contribution is -2.12. The molecular formula is C22H16N2O3. The molecule has 27 heavy (non-hydrogen) atoms. The van der Waals surface area contributed by atoms with E-state index in [9.17, 15) is 9.59 Å². The van der Waals surface area contributed by atoms with Crippen molar-refractivity contribution in [1.82, 2.24) is 4.98 Å². The molecule has 0 aliphatic carbocycles. The van der Waals surface area contributed by atoms with Crippen molar-refractivity contribution in [3.05, 3.63) is 95.3 Å². The van der Waals surface area contributed by atoms with Gasteiger partial charge in [0.1, 0.15) is 5.69 Å². The highest BCUT2D eigenvalue weighted by Gasteiger charge is 2.08. The summed E-state index contributed by atoms with van der Waals surface area (Å²) in [5, 5.41) is 2.79. The van der Waals surface area contributed by atoms with Crippen LogP contribution in [0.4, 0.5) is 5.69 Å². The molecular weight excluding hydrogens is 340 g/mol. The van der Waals surface area contributed by atoms with Gasteiger partial charge in [-0.1, -0.05) is 18.1 Å². The summed E-state index contributed by atoms with van der Waals surface area (Å²) < 4.78 is 4.65. The van der Waals surface area contributed by atoms with E-state index < -0.39 is 5.97 Å². The summed E-state index contributed by atoms with van der Waals surface area (Å²) in [6.07, 6.45) is 1.68. The molecule has 0 aliphatic rings. The SMILES string of the molecule is COC(=O)c1ccc(NC(=O)c2cccc(C#Cc3ccccn3)c2)cc1. The van der Waals surface area contributed by atoms with Crippen molar-refractivity contribution >= 4 is 17.6 Å². The second-order valence-electron chi connectivity index (χ2n) is 5.57. The summed E-state index contributed by atoms with van der Waals surface area (Å²) in [5.41, 5.74) is 2.87. The predicted molar refractivity (Wildman–Crippen MR) is 102 cm³/mol. The number of nitrogens with zero attached hydrogens (tertiary/aromatic N) is 1. The maximum atomic E-state index is 12.5. The first kappa shape index (κ1) is 17.9. The van der Waals surface area contributed by atoms with Gasteiger partial charge in [-0.2, -0.15) is 0 Å². The zero-order valence-corrected chi connectivity index (χ0v) is 14.6. The van der Waals surface area contributed by atoms with Crippen LogP contribution in [0.1, 0.15) is 32.0 Å². The number of rotatable bonds is 3. The molecule has 5 nitrogen and oxygen atoms in total. The first-order chi connectivity index (χ1) is 13.2. The molecule has 1 amide bonds. The molecule has 0 radical (unpaired) electrons. The van der Waals surface area contributed by atoms with Crippen LogP contribution in [-0.4, -0.2) is 24.0 Å². The summed E-state index contributed by atoms with van der Waals surface area (Å²) in [7, 11) is 1.32. The number of hydrogen-bond acceptors (Lipinski definition) is 4. The molecule has 1 N–H and O–H groups in total. The lowest BCUT2D eigenvalue weighted by atomic mass is 10.1. The molecule has 0 saturated heterocycles. The highest BCUT2D eigenvalue weighted by molar-refractivity contribution is 6.04. The van der Waals surface area contributed by atoms with Crippen LogP contribution in [0.5, 0.6) is 0 Å². The van der Waals surface area contributed by atoms with Crippen molar-refractivity contribution in [3.8, 4) is 11.8 Å². The molecule has 0 saturated carbocycles. The van der Waals surface area contributed by atoms with Crippen molar-refractivity contribution in [2.24, 2.45) is 0 Å². The normalized spacial score (nSPS) is 9.67. The summed E-state index contributed by atoms with van der Waals surface area (Å²) in [4.78, 5) is 28.0. The van der Waals surface area contributed by atoms with Gasteiger partial charge in [0.05, 0.1) is 12.7 Å². The summed E-state index contributed by atoms with van der Waals surface area (Å²) in [5.74, 6) is 5.28. The van der Waals surface area contributed by atoms with Gasteiger partial charge in [0.25, 0.3) is 5.91 Å². The highest BCUT2D eigenvalue weighted by Crippen LogP contribution is 2.13. The predicted octanol–water partition coefficient (Wildman–Crippen LogP) is 3.52. The molecule has 0 spiro atoms. The Bertz CT molecular complexity index is 1020. The fourth-order valence-electron chi connectivity index (χ4n) is 2.32. The fraction of sp³-hybridized carbons (Fsp3) is 0.0455. The van der Waals surface area contributed by atoms with E-state index in [0.717, 1.165) is 0 Å². The van der Waals surface area contributed by atoms with Crippen LogP contribution in [0.3, 0.4) is 0 Å². The van der Waals surface area contributed by atoms with Gasteiger partial charge in [0.2, 0.25) is 0 Å². The van der Waals surface area contributed by atoms with Crippen molar-refractivity contribution < 1.29 is 14.3 Å². The lowest BCUT2D eigenvalue weighted by Gasteiger charge is -2.06. The third-order valence-electron chi connectivity index (χ3n) is 3.69. The minimum Gasteiger partial charge on any atom is -0.465 e. The maximum Gasteiger partial charge on any atom is 0.337 e. The van der Waals surface area contributed by atoms with E-state index >= 15 is 0 Å². The molecule has 132 valence electrons. The molecule has 2 aromatic carbocycles. The van der Waals surface area contributed by atoms with Gasteiger partial charge in [-0.15, -0.1) is 0 Å². The monoisotopic (exact) mass is 356 g/mol. The molecule has 0 unspecified atom stereocenters.